The van der Waals surface area contributed by atoms with Gasteiger partial charge in [0.25, 0.3) is 0 Å². The minimum absolute atomic E-state index is 0.838. The van der Waals surface area contributed by atoms with Crippen LogP contribution in [0.4, 0.5) is 0 Å². The Morgan fingerprint density at radius 2 is 1.69 bits per heavy atom. The van der Waals surface area contributed by atoms with Crippen molar-refractivity contribution in [2.24, 2.45) is 5.73 Å². The molecule has 0 aliphatic rings. The first-order valence-electron chi connectivity index (χ1n) is 7.00. The maximum absolute atomic E-state index is 5.43. The first kappa shape index (κ1) is 15.5. The van der Waals surface area contributed by atoms with Gasteiger partial charge in [-0.1, -0.05) is 45.1 Å². The number of nitrogens with two attached hydrogens (primary N) is 1. The van der Waals surface area contributed by atoms with Crippen LogP contribution in [0, 0.1) is 0 Å². The zero-order valence-electron chi connectivity index (χ0n) is 11.0. The van der Waals surface area contributed by atoms with Crippen molar-refractivity contribution >= 4 is 0 Å². The highest BCUT2D eigenvalue weighted by molar-refractivity contribution is 4.78. The highest BCUT2D eigenvalue weighted by Gasteiger charge is 1.87. The van der Waals surface area contributed by atoms with Gasteiger partial charge in [0.15, 0.2) is 0 Å². The second kappa shape index (κ2) is 14.5. The molecule has 2 heteroatoms. The standard InChI is InChI=1S/C14H30N2/c1-2-3-4-5-7-10-13-16-14-11-8-6-9-12-15/h10,13,16H,2-9,11-12,14-15H2,1H3. The van der Waals surface area contributed by atoms with Gasteiger partial charge < -0.3 is 11.1 Å². The number of unbranched alkanes of at least 4 members (excludes halogenated alkanes) is 7. The van der Waals surface area contributed by atoms with Gasteiger partial charge in [0.1, 0.15) is 0 Å². The Kier molecular flexibility index (Phi) is 14.0. The topological polar surface area (TPSA) is 38.0 Å². The minimum Gasteiger partial charge on any atom is -0.391 e. The Bertz CT molecular complexity index is 144. The predicted molar refractivity (Wildman–Crippen MR) is 73.4 cm³/mol. The van der Waals surface area contributed by atoms with Crippen LogP contribution >= 0.6 is 0 Å². The van der Waals surface area contributed by atoms with Crippen molar-refractivity contribution < 1.29 is 0 Å². The molecule has 0 atom stereocenters. The second-order valence-electron chi connectivity index (χ2n) is 4.41. The third kappa shape index (κ3) is 13.5. The van der Waals surface area contributed by atoms with Gasteiger partial charge in [-0.15, -0.1) is 0 Å². The van der Waals surface area contributed by atoms with Crippen molar-refractivity contribution in [1.29, 1.82) is 0 Å². The van der Waals surface area contributed by atoms with E-state index in [-0.39, 0.29) is 0 Å². The van der Waals surface area contributed by atoms with Crippen molar-refractivity contribution in [3.05, 3.63) is 12.3 Å². The van der Waals surface area contributed by atoms with Gasteiger partial charge in [0.2, 0.25) is 0 Å². The molecule has 0 aliphatic heterocycles. The Morgan fingerprint density at radius 1 is 0.938 bits per heavy atom. The molecule has 0 amide bonds. The number of rotatable bonds is 12. The van der Waals surface area contributed by atoms with E-state index in [1.54, 1.807) is 0 Å². The summed E-state index contributed by atoms with van der Waals surface area (Å²) < 4.78 is 0. The lowest BCUT2D eigenvalue weighted by atomic mass is 10.1. The summed E-state index contributed by atoms with van der Waals surface area (Å²) in [6, 6.07) is 0. The molecular formula is C14H30N2. The maximum Gasteiger partial charge on any atom is 0.0141 e. The van der Waals surface area contributed by atoms with Crippen LogP contribution in [-0.2, 0) is 0 Å². The molecule has 0 saturated heterocycles. The van der Waals surface area contributed by atoms with E-state index >= 15 is 0 Å². The Balaban J connectivity index is 2.98. The van der Waals surface area contributed by atoms with Gasteiger partial charge in [0, 0.05) is 6.54 Å². The summed E-state index contributed by atoms with van der Waals surface area (Å²) in [5, 5.41) is 3.34. The van der Waals surface area contributed by atoms with Crippen LogP contribution in [0.25, 0.3) is 0 Å². The summed E-state index contributed by atoms with van der Waals surface area (Å²) in [4.78, 5) is 0. The molecule has 0 bridgehead atoms. The predicted octanol–water partition coefficient (Wildman–Crippen LogP) is 3.58. The number of hydrogen-bond donors (Lipinski definition) is 2. The van der Waals surface area contributed by atoms with E-state index in [0.717, 1.165) is 13.1 Å². The van der Waals surface area contributed by atoms with Crippen molar-refractivity contribution in [2.45, 2.75) is 64.7 Å². The summed E-state index contributed by atoms with van der Waals surface area (Å²) in [6.45, 7) is 4.20. The minimum atomic E-state index is 0.838. The van der Waals surface area contributed by atoms with Crippen LogP contribution in [0.1, 0.15) is 64.7 Å². The molecule has 0 aromatic carbocycles. The normalized spacial score (nSPS) is 11.1. The first-order chi connectivity index (χ1) is 7.91. The van der Waals surface area contributed by atoms with Gasteiger partial charge in [-0.3, -0.25) is 0 Å². The molecule has 0 unspecified atom stereocenters. The molecule has 0 heterocycles. The SMILES string of the molecule is CCCCCCC=CNCCCCCCN. The van der Waals surface area contributed by atoms with Crippen molar-refractivity contribution in [2.75, 3.05) is 13.1 Å². The van der Waals surface area contributed by atoms with Crippen LogP contribution in [0.5, 0.6) is 0 Å². The summed E-state index contributed by atoms with van der Waals surface area (Å²) in [5.74, 6) is 0. The zero-order valence-corrected chi connectivity index (χ0v) is 11.0. The fraction of sp³-hybridized carbons (Fsp3) is 0.857. The zero-order chi connectivity index (χ0) is 11.9. The summed E-state index contributed by atoms with van der Waals surface area (Å²) in [5.41, 5.74) is 5.43. The van der Waals surface area contributed by atoms with Crippen molar-refractivity contribution in [3.63, 3.8) is 0 Å². The van der Waals surface area contributed by atoms with Crippen LogP contribution in [0.2, 0.25) is 0 Å². The number of hydrogen-bond acceptors (Lipinski definition) is 2. The van der Waals surface area contributed by atoms with Crippen molar-refractivity contribution in [3.8, 4) is 0 Å². The van der Waals surface area contributed by atoms with Gasteiger partial charge in [0.05, 0.1) is 0 Å². The first-order valence-corrected chi connectivity index (χ1v) is 7.00. The van der Waals surface area contributed by atoms with E-state index < -0.39 is 0 Å². The fourth-order valence-corrected chi connectivity index (χ4v) is 1.66. The lowest BCUT2D eigenvalue weighted by Crippen LogP contribution is -2.06. The van der Waals surface area contributed by atoms with E-state index in [2.05, 4.69) is 24.5 Å². The molecule has 0 rings (SSSR count). The maximum atomic E-state index is 5.43. The Morgan fingerprint density at radius 3 is 2.44 bits per heavy atom. The van der Waals surface area contributed by atoms with E-state index in [1.807, 2.05) is 0 Å². The van der Waals surface area contributed by atoms with Gasteiger partial charge >= 0.3 is 0 Å². The molecule has 3 N–H and O–H groups in total. The molecule has 0 aromatic rings. The summed E-state index contributed by atoms with van der Waals surface area (Å²) >= 11 is 0. The van der Waals surface area contributed by atoms with Crippen molar-refractivity contribution in [1.82, 2.24) is 5.32 Å². The van der Waals surface area contributed by atoms with Gasteiger partial charge in [-0.25, -0.2) is 0 Å². The third-order valence-corrected chi connectivity index (χ3v) is 2.74. The van der Waals surface area contributed by atoms with E-state index in [4.69, 9.17) is 5.73 Å². The molecule has 96 valence electrons. The fourth-order valence-electron chi connectivity index (χ4n) is 1.66. The van der Waals surface area contributed by atoms with Crippen LogP contribution in [0.15, 0.2) is 12.3 Å². The second-order valence-corrected chi connectivity index (χ2v) is 4.41. The largest absolute Gasteiger partial charge is 0.391 e. The van der Waals surface area contributed by atoms with Crippen LogP contribution in [-0.4, -0.2) is 13.1 Å². The third-order valence-electron chi connectivity index (χ3n) is 2.74. The summed E-state index contributed by atoms with van der Waals surface area (Å²) in [6.07, 6.45) is 16.0. The van der Waals surface area contributed by atoms with E-state index in [0.29, 0.717) is 0 Å². The molecule has 0 saturated carbocycles. The van der Waals surface area contributed by atoms with Gasteiger partial charge in [-0.2, -0.15) is 0 Å². The molecule has 0 aliphatic carbocycles. The quantitative estimate of drug-likeness (QED) is 0.499. The summed E-state index contributed by atoms with van der Waals surface area (Å²) in [7, 11) is 0. The highest BCUT2D eigenvalue weighted by atomic mass is 14.8. The lowest BCUT2D eigenvalue weighted by molar-refractivity contribution is 0.628. The molecule has 0 spiro atoms. The number of nitrogens with one attached hydrogen (secondary N) is 1. The van der Waals surface area contributed by atoms with E-state index in [1.165, 1.54) is 57.8 Å². The molecule has 0 aromatic heterocycles. The molecular weight excluding hydrogens is 196 g/mol. The highest BCUT2D eigenvalue weighted by Crippen LogP contribution is 2.02. The Hall–Kier alpha value is -0.500. The van der Waals surface area contributed by atoms with Crippen LogP contribution in [0.3, 0.4) is 0 Å². The monoisotopic (exact) mass is 226 g/mol. The Labute approximate surface area is 102 Å². The smallest absolute Gasteiger partial charge is 0.0141 e. The van der Waals surface area contributed by atoms with Crippen LogP contribution < -0.4 is 11.1 Å². The molecule has 16 heavy (non-hydrogen) atoms. The molecule has 2 nitrogen and oxygen atoms in total. The molecule has 0 fully saturated rings. The number of allylic oxidation sites excluding steroid dienone is 1. The van der Waals surface area contributed by atoms with Gasteiger partial charge in [-0.05, 0) is 38.4 Å². The average Bonchev–Trinajstić information content (AvgIpc) is 2.31. The molecule has 0 radical (unpaired) electrons. The van der Waals surface area contributed by atoms with E-state index in [9.17, 15) is 0 Å². The average molecular weight is 226 g/mol. The lowest BCUT2D eigenvalue weighted by Gasteiger charge is -2.00.